The number of pyridine rings is 1. The molecule has 39 heavy (non-hydrogen) atoms. The van der Waals surface area contributed by atoms with Crippen LogP contribution in [0.1, 0.15) is 11.1 Å². The molecule has 2 amide bonds. The Balaban J connectivity index is 1.36. The van der Waals surface area contributed by atoms with Gasteiger partial charge >= 0.3 is 0 Å². The summed E-state index contributed by atoms with van der Waals surface area (Å²) < 4.78 is 1.46. The molecule has 0 aliphatic rings. The summed E-state index contributed by atoms with van der Waals surface area (Å²) >= 11 is 6.17. The molecule has 5 aromatic rings. The van der Waals surface area contributed by atoms with Crippen LogP contribution in [0.3, 0.4) is 0 Å². The number of benzene rings is 3. The fourth-order valence-electron chi connectivity index (χ4n) is 4.04. The second-order valence-electron chi connectivity index (χ2n) is 8.66. The maximum Gasteiger partial charge on any atom is 0.248 e. The van der Waals surface area contributed by atoms with Gasteiger partial charge in [-0.05, 0) is 64.5 Å². The van der Waals surface area contributed by atoms with Crippen molar-refractivity contribution < 1.29 is 9.59 Å². The second kappa shape index (κ2) is 11.5. The molecule has 3 aromatic carbocycles. The van der Waals surface area contributed by atoms with Gasteiger partial charge in [0, 0.05) is 45.7 Å². The van der Waals surface area contributed by atoms with E-state index in [0.717, 1.165) is 10.9 Å². The third kappa shape index (κ3) is 6.43. The smallest absolute Gasteiger partial charge is 0.248 e. The van der Waals surface area contributed by atoms with Crippen molar-refractivity contribution in [1.82, 2.24) is 30.5 Å². The van der Waals surface area contributed by atoms with E-state index in [1.807, 2.05) is 30.3 Å². The number of aromatic nitrogens is 5. The van der Waals surface area contributed by atoms with E-state index in [9.17, 15) is 14.4 Å². The Morgan fingerprint density at radius 3 is 2.67 bits per heavy atom. The number of rotatable bonds is 8. The van der Waals surface area contributed by atoms with Crippen LogP contribution in [0.5, 0.6) is 0 Å². The van der Waals surface area contributed by atoms with Crippen LogP contribution in [0, 0.1) is 0 Å². The maximum atomic E-state index is 13.3. The highest BCUT2D eigenvalue weighted by molar-refractivity contribution is 6.30. The van der Waals surface area contributed by atoms with Crippen LogP contribution >= 0.6 is 11.6 Å². The van der Waals surface area contributed by atoms with E-state index in [0.29, 0.717) is 27.5 Å². The Bertz CT molecular complexity index is 1720. The first-order valence-corrected chi connectivity index (χ1v) is 12.3. The first-order chi connectivity index (χ1) is 18.9. The average Bonchev–Trinajstić information content (AvgIpc) is 3.47. The van der Waals surface area contributed by atoms with E-state index in [1.165, 1.54) is 23.2 Å². The number of aromatic amines is 1. The van der Waals surface area contributed by atoms with Gasteiger partial charge in [-0.25, -0.2) is 0 Å². The zero-order chi connectivity index (χ0) is 27.2. The van der Waals surface area contributed by atoms with Crippen LogP contribution in [0.4, 0.5) is 5.69 Å². The van der Waals surface area contributed by atoms with Crippen LogP contribution < -0.4 is 16.2 Å². The van der Waals surface area contributed by atoms with Gasteiger partial charge in [0.2, 0.25) is 17.4 Å². The Hall–Kier alpha value is -5.09. The number of hydrogen-bond donors (Lipinski definition) is 3. The summed E-state index contributed by atoms with van der Waals surface area (Å²) in [6.45, 7) is 0. The van der Waals surface area contributed by atoms with E-state index < -0.39 is 11.9 Å². The van der Waals surface area contributed by atoms with E-state index >= 15 is 0 Å². The first-order valence-electron chi connectivity index (χ1n) is 11.9. The SMILES string of the molecule is O=C(/C=C/c1cc(Cl)ccc1-n1cnnn1)N[C@@H](Cc1ccccc1)C(=O)Nc1ccc2[nH]c(=O)ccc2c1. The molecule has 2 aromatic heterocycles. The highest BCUT2D eigenvalue weighted by Crippen LogP contribution is 2.20. The predicted octanol–water partition coefficient (Wildman–Crippen LogP) is 3.54. The predicted molar refractivity (Wildman–Crippen MR) is 148 cm³/mol. The number of nitrogens with zero attached hydrogens (tertiary/aromatic N) is 4. The van der Waals surface area contributed by atoms with E-state index in [1.54, 1.807) is 48.5 Å². The molecule has 0 unspecified atom stereocenters. The molecule has 2 heterocycles. The number of hydrogen-bond acceptors (Lipinski definition) is 6. The van der Waals surface area contributed by atoms with Crippen molar-refractivity contribution in [2.75, 3.05) is 5.32 Å². The van der Waals surface area contributed by atoms with Gasteiger partial charge in [-0.3, -0.25) is 14.4 Å². The molecule has 3 N–H and O–H groups in total. The van der Waals surface area contributed by atoms with Crippen LogP contribution in [-0.4, -0.2) is 43.0 Å². The van der Waals surface area contributed by atoms with Gasteiger partial charge in [0.1, 0.15) is 12.4 Å². The lowest BCUT2D eigenvalue weighted by molar-refractivity contribution is -0.123. The number of H-pyrrole nitrogens is 1. The topological polar surface area (TPSA) is 135 Å². The zero-order valence-electron chi connectivity index (χ0n) is 20.4. The summed E-state index contributed by atoms with van der Waals surface area (Å²) in [5, 5.41) is 18.1. The van der Waals surface area contributed by atoms with Crippen LogP contribution in [0.15, 0.2) is 96.1 Å². The third-order valence-corrected chi connectivity index (χ3v) is 6.14. The number of nitrogens with one attached hydrogen (secondary N) is 3. The number of amides is 2. The van der Waals surface area contributed by atoms with Gasteiger partial charge in [0.05, 0.1) is 5.69 Å². The van der Waals surface area contributed by atoms with Crippen molar-refractivity contribution in [2.45, 2.75) is 12.5 Å². The summed E-state index contributed by atoms with van der Waals surface area (Å²) in [5.74, 6) is -0.855. The number of anilines is 1. The van der Waals surface area contributed by atoms with Crippen LogP contribution in [-0.2, 0) is 16.0 Å². The Kier molecular flexibility index (Phi) is 7.56. The lowest BCUT2D eigenvalue weighted by atomic mass is 10.0. The van der Waals surface area contributed by atoms with Gasteiger partial charge in [-0.2, -0.15) is 4.68 Å². The number of halogens is 1. The van der Waals surface area contributed by atoms with E-state index in [4.69, 9.17) is 11.6 Å². The average molecular weight is 540 g/mol. The van der Waals surface area contributed by atoms with Crippen molar-refractivity contribution in [3.63, 3.8) is 0 Å². The number of fused-ring (bicyclic) bond motifs is 1. The summed E-state index contributed by atoms with van der Waals surface area (Å²) in [4.78, 5) is 40.6. The lowest BCUT2D eigenvalue weighted by Crippen LogP contribution is -2.44. The summed E-state index contributed by atoms with van der Waals surface area (Å²) in [7, 11) is 0. The monoisotopic (exact) mass is 539 g/mol. The fraction of sp³-hybridized carbons (Fsp3) is 0.0714. The third-order valence-electron chi connectivity index (χ3n) is 5.91. The van der Waals surface area contributed by atoms with Gasteiger partial charge in [-0.15, -0.1) is 5.10 Å². The van der Waals surface area contributed by atoms with Crippen molar-refractivity contribution in [3.05, 3.63) is 118 Å². The molecule has 0 saturated carbocycles. The molecule has 0 fully saturated rings. The molecule has 0 aliphatic heterocycles. The van der Waals surface area contributed by atoms with E-state index in [2.05, 4.69) is 31.1 Å². The first kappa shape index (κ1) is 25.6. The molecule has 0 bridgehead atoms. The second-order valence-corrected chi connectivity index (χ2v) is 9.09. The molecule has 1 atom stereocenters. The molecule has 5 rings (SSSR count). The van der Waals surface area contributed by atoms with Gasteiger partial charge < -0.3 is 15.6 Å². The highest BCUT2D eigenvalue weighted by atomic mass is 35.5. The minimum Gasteiger partial charge on any atom is -0.340 e. The number of carbonyl (C=O) groups excluding carboxylic acids is 2. The Morgan fingerprint density at radius 2 is 1.87 bits per heavy atom. The maximum absolute atomic E-state index is 13.3. The lowest BCUT2D eigenvalue weighted by Gasteiger charge is -2.18. The molecular formula is C28H22ClN7O3. The van der Waals surface area contributed by atoms with Crippen LogP contribution in [0.25, 0.3) is 22.7 Å². The Labute approximate surface area is 227 Å². The summed E-state index contributed by atoms with van der Waals surface area (Å²) in [6.07, 6.45) is 4.63. The van der Waals surface area contributed by atoms with Crippen LogP contribution in [0.2, 0.25) is 5.02 Å². The molecular weight excluding hydrogens is 518 g/mol. The van der Waals surface area contributed by atoms with Crippen molar-refractivity contribution in [1.29, 1.82) is 0 Å². The molecule has 0 aliphatic carbocycles. The molecule has 11 heteroatoms. The molecule has 0 saturated heterocycles. The molecule has 0 spiro atoms. The van der Waals surface area contributed by atoms with Crippen molar-refractivity contribution in [3.8, 4) is 5.69 Å². The minimum absolute atomic E-state index is 0.208. The van der Waals surface area contributed by atoms with Crippen molar-refractivity contribution in [2.24, 2.45) is 0 Å². The van der Waals surface area contributed by atoms with Gasteiger partial charge in [0.15, 0.2) is 0 Å². The normalized spacial score (nSPS) is 11.9. The van der Waals surface area contributed by atoms with Gasteiger partial charge in [0.25, 0.3) is 0 Å². The van der Waals surface area contributed by atoms with Gasteiger partial charge in [-0.1, -0.05) is 41.9 Å². The standard InChI is InChI=1S/C28H22ClN7O3/c29-21-8-11-25(36-17-30-34-35-36)20(15-21)7-13-27(38)33-24(14-18-4-2-1-3-5-18)28(39)31-22-9-10-23-19(16-22)6-12-26(37)32-23/h1-13,15-17,24H,14H2,(H,31,39)(H,32,37)(H,33,38)/b13-7+/t24-/m0/s1. The fourth-order valence-corrected chi connectivity index (χ4v) is 4.23. The molecule has 10 nitrogen and oxygen atoms in total. The number of tetrazole rings is 1. The quantitative estimate of drug-likeness (QED) is 0.258. The van der Waals surface area contributed by atoms with E-state index in [-0.39, 0.29) is 17.9 Å². The Morgan fingerprint density at radius 1 is 1.03 bits per heavy atom. The molecule has 0 radical (unpaired) electrons. The summed E-state index contributed by atoms with van der Waals surface area (Å²) in [6, 6.07) is 21.9. The summed E-state index contributed by atoms with van der Waals surface area (Å²) in [5.41, 5.74) is 3.11. The minimum atomic E-state index is -0.867. The number of carbonyl (C=O) groups is 2. The van der Waals surface area contributed by atoms with Crippen molar-refractivity contribution >= 4 is 46.1 Å². The zero-order valence-corrected chi connectivity index (χ0v) is 21.2. The molecule has 194 valence electrons. The highest BCUT2D eigenvalue weighted by Gasteiger charge is 2.21. The largest absolute Gasteiger partial charge is 0.340 e.